The Morgan fingerprint density at radius 2 is 2.04 bits per heavy atom. The van der Waals surface area contributed by atoms with E-state index in [1.165, 1.54) is 12.1 Å². The monoisotopic (exact) mass is 341 g/mol. The lowest BCUT2D eigenvalue weighted by Crippen LogP contribution is -2.21. The summed E-state index contributed by atoms with van der Waals surface area (Å²) in [4.78, 5) is 4.33. The first kappa shape index (κ1) is 15.4. The Bertz CT molecular complexity index is 877. The quantitative estimate of drug-likeness (QED) is 0.781. The summed E-state index contributed by atoms with van der Waals surface area (Å²) in [6.45, 7) is 2.45. The van der Waals surface area contributed by atoms with Crippen LogP contribution in [0.15, 0.2) is 47.0 Å². The van der Waals surface area contributed by atoms with Gasteiger partial charge in [0.25, 0.3) is 5.89 Å². The van der Waals surface area contributed by atoms with Crippen LogP contribution in [0.3, 0.4) is 0 Å². The van der Waals surface area contributed by atoms with Crippen LogP contribution in [-0.2, 0) is 6.54 Å². The molecule has 0 amide bonds. The molecule has 6 nitrogen and oxygen atoms in total. The highest BCUT2D eigenvalue weighted by Gasteiger charge is 2.27. The number of aromatic nitrogens is 2. The smallest absolute Gasteiger partial charge is 0.271 e. The Morgan fingerprint density at radius 1 is 1.20 bits per heavy atom. The van der Waals surface area contributed by atoms with Gasteiger partial charge in [-0.1, -0.05) is 17.3 Å². The normalized spacial score (nSPS) is 15.8. The third-order valence-electron chi connectivity index (χ3n) is 3.76. The molecule has 0 bridgehead atoms. The van der Waals surface area contributed by atoms with Gasteiger partial charge >= 0.3 is 0 Å². The van der Waals surface area contributed by atoms with Gasteiger partial charge in [-0.25, -0.2) is 4.39 Å². The number of benzene rings is 2. The minimum Gasteiger partial charge on any atom is -0.485 e. The number of aryl methyl sites for hydroxylation is 1. The molecule has 0 radical (unpaired) electrons. The standard InChI is InChI=1S/C18H16FN3O3/c1-11-6-12(19)8-13(7-11)20-9-17-21-18(25-22-17)16-10-23-14-4-2-3-5-15(14)24-16/h2-8,16,20H,9-10H2,1H3. The third-order valence-corrected chi connectivity index (χ3v) is 3.76. The predicted octanol–water partition coefficient (Wildman–Crippen LogP) is 3.64. The second kappa shape index (κ2) is 6.43. The van der Waals surface area contributed by atoms with Crippen molar-refractivity contribution in [2.45, 2.75) is 19.6 Å². The van der Waals surface area contributed by atoms with Gasteiger partial charge in [0.15, 0.2) is 17.3 Å². The van der Waals surface area contributed by atoms with Gasteiger partial charge < -0.3 is 19.3 Å². The van der Waals surface area contributed by atoms with Gasteiger partial charge in [0.05, 0.1) is 6.54 Å². The SMILES string of the molecule is Cc1cc(F)cc(NCc2noc(C3COc4ccccc4O3)n2)c1. The number of anilines is 1. The molecular weight excluding hydrogens is 325 g/mol. The minimum atomic E-state index is -0.451. The fourth-order valence-corrected chi connectivity index (χ4v) is 2.63. The zero-order chi connectivity index (χ0) is 17.2. The molecule has 0 spiro atoms. The molecule has 0 saturated carbocycles. The van der Waals surface area contributed by atoms with Crippen molar-refractivity contribution in [1.29, 1.82) is 0 Å². The van der Waals surface area contributed by atoms with Crippen molar-refractivity contribution in [2.24, 2.45) is 0 Å². The summed E-state index contributed by atoms with van der Waals surface area (Å²) < 4.78 is 30.2. The minimum absolute atomic E-state index is 0.289. The Hall–Kier alpha value is -3.09. The number of para-hydroxylation sites is 2. The summed E-state index contributed by atoms with van der Waals surface area (Å²) >= 11 is 0. The number of halogens is 1. The van der Waals surface area contributed by atoms with Crippen LogP contribution in [0.5, 0.6) is 11.5 Å². The van der Waals surface area contributed by atoms with Crippen LogP contribution in [0.2, 0.25) is 0 Å². The Labute approximate surface area is 143 Å². The van der Waals surface area contributed by atoms with E-state index in [0.717, 1.165) is 5.56 Å². The summed E-state index contributed by atoms with van der Waals surface area (Å²) in [7, 11) is 0. The molecule has 1 unspecified atom stereocenters. The Balaban J connectivity index is 1.42. The lowest BCUT2D eigenvalue weighted by molar-refractivity contribution is 0.0665. The molecule has 0 aliphatic carbocycles. The molecule has 0 fully saturated rings. The summed E-state index contributed by atoms with van der Waals surface area (Å²) in [5, 5.41) is 7.01. The fourth-order valence-electron chi connectivity index (χ4n) is 2.63. The first-order valence-electron chi connectivity index (χ1n) is 7.89. The maximum atomic E-state index is 13.4. The van der Waals surface area contributed by atoms with Gasteiger partial charge in [-0.05, 0) is 42.8 Å². The van der Waals surface area contributed by atoms with Crippen molar-refractivity contribution in [1.82, 2.24) is 10.1 Å². The van der Waals surface area contributed by atoms with E-state index >= 15 is 0 Å². The van der Waals surface area contributed by atoms with Crippen LogP contribution in [-0.4, -0.2) is 16.7 Å². The molecule has 1 aromatic heterocycles. The van der Waals surface area contributed by atoms with Crippen molar-refractivity contribution in [2.75, 3.05) is 11.9 Å². The van der Waals surface area contributed by atoms with Crippen molar-refractivity contribution in [3.63, 3.8) is 0 Å². The third kappa shape index (κ3) is 3.40. The summed E-state index contributed by atoms with van der Waals surface area (Å²) in [5.74, 6) is 1.86. The number of hydrogen-bond donors (Lipinski definition) is 1. The second-order valence-electron chi connectivity index (χ2n) is 5.78. The molecule has 2 aromatic carbocycles. The first-order valence-corrected chi connectivity index (χ1v) is 7.89. The molecule has 2 heterocycles. The van der Waals surface area contributed by atoms with Gasteiger partial charge in [-0.3, -0.25) is 0 Å². The molecule has 128 valence electrons. The van der Waals surface area contributed by atoms with Gasteiger partial charge in [0.1, 0.15) is 12.4 Å². The first-order chi connectivity index (χ1) is 12.2. The van der Waals surface area contributed by atoms with E-state index in [2.05, 4.69) is 15.5 Å². The van der Waals surface area contributed by atoms with E-state index in [-0.39, 0.29) is 5.82 Å². The van der Waals surface area contributed by atoms with E-state index < -0.39 is 6.10 Å². The molecule has 0 saturated heterocycles. The molecule has 3 aromatic rings. The predicted molar refractivity (Wildman–Crippen MR) is 88.1 cm³/mol. The van der Waals surface area contributed by atoms with Crippen LogP contribution in [0.25, 0.3) is 0 Å². The average Bonchev–Trinajstić information content (AvgIpc) is 3.08. The van der Waals surface area contributed by atoms with E-state index in [9.17, 15) is 4.39 Å². The molecule has 25 heavy (non-hydrogen) atoms. The number of nitrogens with one attached hydrogen (secondary N) is 1. The molecular formula is C18H16FN3O3. The summed E-state index contributed by atoms with van der Waals surface area (Å²) in [6.07, 6.45) is -0.451. The molecule has 1 aliphatic heterocycles. The highest BCUT2D eigenvalue weighted by atomic mass is 19.1. The van der Waals surface area contributed by atoms with E-state index in [0.29, 0.717) is 42.1 Å². The summed E-state index contributed by atoms with van der Waals surface area (Å²) in [6, 6.07) is 12.2. The van der Waals surface area contributed by atoms with E-state index in [4.69, 9.17) is 14.0 Å². The lowest BCUT2D eigenvalue weighted by Gasteiger charge is -2.23. The topological polar surface area (TPSA) is 69.4 Å². The van der Waals surface area contributed by atoms with Gasteiger partial charge in [-0.2, -0.15) is 4.98 Å². The highest BCUT2D eigenvalue weighted by molar-refractivity contribution is 5.46. The Morgan fingerprint density at radius 3 is 2.88 bits per heavy atom. The second-order valence-corrected chi connectivity index (χ2v) is 5.78. The molecule has 1 atom stereocenters. The maximum Gasteiger partial charge on any atom is 0.271 e. The van der Waals surface area contributed by atoms with Crippen LogP contribution < -0.4 is 14.8 Å². The van der Waals surface area contributed by atoms with Crippen molar-refractivity contribution < 1.29 is 18.4 Å². The Kier molecular flexibility index (Phi) is 3.97. The van der Waals surface area contributed by atoms with Gasteiger partial charge in [0.2, 0.25) is 6.10 Å². The zero-order valence-corrected chi connectivity index (χ0v) is 13.5. The van der Waals surface area contributed by atoms with Crippen molar-refractivity contribution >= 4 is 5.69 Å². The average molecular weight is 341 g/mol. The molecule has 7 heteroatoms. The fraction of sp³-hybridized carbons (Fsp3) is 0.222. The van der Waals surface area contributed by atoms with Gasteiger partial charge in [0, 0.05) is 5.69 Å². The zero-order valence-electron chi connectivity index (χ0n) is 13.5. The number of ether oxygens (including phenoxy) is 2. The lowest BCUT2D eigenvalue weighted by atomic mass is 10.2. The maximum absolute atomic E-state index is 13.4. The number of nitrogens with zero attached hydrogens (tertiary/aromatic N) is 2. The van der Waals surface area contributed by atoms with Crippen molar-refractivity contribution in [3.05, 3.63) is 65.6 Å². The number of fused-ring (bicyclic) bond motifs is 1. The largest absolute Gasteiger partial charge is 0.485 e. The molecule has 1 aliphatic rings. The molecule has 4 rings (SSSR count). The van der Waals surface area contributed by atoms with Crippen LogP contribution >= 0.6 is 0 Å². The molecule has 1 N–H and O–H groups in total. The van der Waals surface area contributed by atoms with Crippen LogP contribution in [0, 0.1) is 12.7 Å². The van der Waals surface area contributed by atoms with E-state index in [1.807, 2.05) is 37.3 Å². The van der Waals surface area contributed by atoms with Gasteiger partial charge in [-0.15, -0.1) is 0 Å². The summed E-state index contributed by atoms with van der Waals surface area (Å²) in [5.41, 5.74) is 1.50. The number of hydrogen-bond acceptors (Lipinski definition) is 6. The number of rotatable bonds is 4. The van der Waals surface area contributed by atoms with Crippen molar-refractivity contribution in [3.8, 4) is 11.5 Å². The van der Waals surface area contributed by atoms with E-state index in [1.54, 1.807) is 0 Å². The highest BCUT2D eigenvalue weighted by Crippen LogP contribution is 2.35. The van der Waals surface area contributed by atoms with Crippen LogP contribution in [0.4, 0.5) is 10.1 Å². The van der Waals surface area contributed by atoms with Crippen LogP contribution in [0.1, 0.15) is 23.4 Å².